The van der Waals surface area contributed by atoms with Crippen molar-refractivity contribution in [2.24, 2.45) is 0 Å². The van der Waals surface area contributed by atoms with Crippen LogP contribution in [0.15, 0.2) is 40.5 Å². The zero-order chi connectivity index (χ0) is 23.8. The molecule has 8 nitrogen and oxygen atoms in total. The Morgan fingerprint density at radius 3 is 2.58 bits per heavy atom. The van der Waals surface area contributed by atoms with Crippen molar-refractivity contribution in [3.05, 3.63) is 35.4 Å². The predicted molar refractivity (Wildman–Crippen MR) is 134 cm³/mol. The maximum Gasteiger partial charge on any atom is 0.333 e. The van der Waals surface area contributed by atoms with Gasteiger partial charge < -0.3 is 19.1 Å². The molecule has 2 aromatic rings. The second-order valence-electron chi connectivity index (χ2n) is 7.31. The van der Waals surface area contributed by atoms with Crippen LogP contribution in [-0.4, -0.2) is 69.8 Å². The highest BCUT2D eigenvalue weighted by Gasteiger charge is 2.27. The highest BCUT2D eigenvalue weighted by molar-refractivity contribution is 8.04. The fourth-order valence-electron chi connectivity index (χ4n) is 3.62. The molecule has 3 rings (SSSR count). The number of benzene rings is 1. The van der Waals surface area contributed by atoms with Crippen LogP contribution in [0.5, 0.6) is 0 Å². The maximum absolute atomic E-state index is 12.2. The number of amides is 1. The molecule has 0 unspecified atom stereocenters. The molecule has 1 saturated heterocycles. The van der Waals surface area contributed by atoms with Gasteiger partial charge in [-0.25, -0.2) is 4.79 Å². The minimum atomic E-state index is -0.444. The van der Waals surface area contributed by atoms with Gasteiger partial charge in [0.15, 0.2) is 11.0 Å². The summed E-state index contributed by atoms with van der Waals surface area (Å²) in [7, 11) is 1.33. The molecule has 2 heterocycles. The second-order valence-corrected chi connectivity index (χ2v) is 9.37. The summed E-state index contributed by atoms with van der Waals surface area (Å²) in [6.07, 6.45) is 2.16. The predicted octanol–water partition coefficient (Wildman–Crippen LogP) is 3.88. The van der Waals surface area contributed by atoms with E-state index in [-0.39, 0.29) is 5.91 Å². The number of carbonyl (C=O) groups excluding carboxylic acids is 2. The lowest BCUT2D eigenvalue weighted by Crippen LogP contribution is -2.26. The SMILES string of the molecule is CCN(CC)c1ccc(-c2nnc(SCCCN3C(=O)CS/C3=C\C(=O)OC)n2CC)cc1. The van der Waals surface area contributed by atoms with Gasteiger partial charge in [-0.2, -0.15) is 0 Å². The number of ether oxygens (including phenoxy) is 1. The van der Waals surface area contributed by atoms with Gasteiger partial charge in [0.2, 0.25) is 5.91 Å². The molecule has 0 bridgehead atoms. The van der Waals surface area contributed by atoms with Gasteiger partial charge in [-0.1, -0.05) is 23.5 Å². The number of rotatable bonds is 11. The lowest BCUT2D eigenvalue weighted by Gasteiger charge is -2.21. The first kappa shape index (κ1) is 25.2. The first-order valence-electron chi connectivity index (χ1n) is 11.2. The summed E-state index contributed by atoms with van der Waals surface area (Å²) in [6.45, 7) is 9.68. The van der Waals surface area contributed by atoms with Gasteiger partial charge in [-0.15, -0.1) is 10.2 Å². The molecular formula is C23H31N5O3S2. The molecule has 0 saturated carbocycles. The number of esters is 1. The van der Waals surface area contributed by atoms with Gasteiger partial charge in [0.25, 0.3) is 0 Å². The van der Waals surface area contributed by atoms with Crippen LogP contribution < -0.4 is 4.90 Å². The molecule has 33 heavy (non-hydrogen) atoms. The van der Waals surface area contributed by atoms with E-state index >= 15 is 0 Å². The first-order chi connectivity index (χ1) is 16.0. The molecule has 0 atom stereocenters. The molecule has 1 amide bonds. The van der Waals surface area contributed by atoms with Crippen molar-refractivity contribution in [3.8, 4) is 11.4 Å². The lowest BCUT2D eigenvalue weighted by atomic mass is 10.2. The standard InChI is InChI=1S/C23H31N5O3S2/c1-5-26(6-2)18-11-9-17(10-12-18)22-24-25-23(27(22)7-3)32-14-8-13-28-19(29)16-33-20(28)15-21(30)31-4/h9-12,15H,5-8,13-14,16H2,1-4H3/b20-15-. The van der Waals surface area contributed by atoms with Crippen molar-refractivity contribution in [2.45, 2.75) is 38.9 Å². The highest BCUT2D eigenvalue weighted by Crippen LogP contribution is 2.30. The fourth-order valence-corrected chi connectivity index (χ4v) is 5.50. The Balaban J connectivity index is 1.61. The fraction of sp³-hybridized carbons (Fsp3) is 0.478. The van der Waals surface area contributed by atoms with E-state index in [1.807, 2.05) is 0 Å². The summed E-state index contributed by atoms with van der Waals surface area (Å²) in [4.78, 5) is 27.7. The second kappa shape index (κ2) is 12.1. The number of hydrogen-bond donors (Lipinski definition) is 0. The van der Waals surface area contributed by atoms with E-state index in [2.05, 4.69) is 69.4 Å². The molecule has 1 aromatic carbocycles. The van der Waals surface area contributed by atoms with Crippen molar-refractivity contribution >= 4 is 41.1 Å². The Morgan fingerprint density at radius 1 is 1.21 bits per heavy atom. The summed E-state index contributed by atoms with van der Waals surface area (Å²) in [6, 6.07) is 8.47. The molecule has 178 valence electrons. The minimum absolute atomic E-state index is 0.0207. The molecule has 10 heteroatoms. The average Bonchev–Trinajstić information content (AvgIpc) is 3.40. The maximum atomic E-state index is 12.2. The van der Waals surface area contributed by atoms with Crippen LogP contribution in [0, 0.1) is 0 Å². The number of thioether (sulfide) groups is 2. The smallest absolute Gasteiger partial charge is 0.333 e. The zero-order valence-electron chi connectivity index (χ0n) is 19.6. The number of anilines is 1. The van der Waals surface area contributed by atoms with Crippen molar-refractivity contribution < 1.29 is 14.3 Å². The van der Waals surface area contributed by atoms with E-state index in [1.54, 1.807) is 16.7 Å². The van der Waals surface area contributed by atoms with Gasteiger partial charge >= 0.3 is 5.97 Å². The van der Waals surface area contributed by atoms with Gasteiger partial charge in [-0.05, 0) is 51.5 Å². The number of nitrogens with zero attached hydrogens (tertiary/aromatic N) is 5. The molecule has 1 fully saturated rings. The van der Waals surface area contributed by atoms with Crippen molar-refractivity contribution in [1.82, 2.24) is 19.7 Å². The number of carbonyl (C=O) groups is 2. The largest absolute Gasteiger partial charge is 0.466 e. The number of aromatic nitrogens is 3. The average molecular weight is 490 g/mol. The molecule has 0 spiro atoms. The zero-order valence-corrected chi connectivity index (χ0v) is 21.2. The van der Waals surface area contributed by atoms with E-state index < -0.39 is 5.97 Å². The van der Waals surface area contributed by atoms with Crippen molar-refractivity contribution in [1.29, 1.82) is 0 Å². The highest BCUT2D eigenvalue weighted by atomic mass is 32.2. The van der Waals surface area contributed by atoms with E-state index in [0.29, 0.717) is 17.3 Å². The normalized spacial score (nSPS) is 14.8. The lowest BCUT2D eigenvalue weighted by molar-refractivity contribution is -0.134. The molecule has 0 N–H and O–H groups in total. The van der Waals surface area contributed by atoms with Crippen molar-refractivity contribution in [2.75, 3.05) is 43.1 Å². The van der Waals surface area contributed by atoms with E-state index in [9.17, 15) is 9.59 Å². The van der Waals surface area contributed by atoms with Crippen LogP contribution in [-0.2, 0) is 20.9 Å². The third-order valence-corrected chi connectivity index (χ3v) is 7.48. The molecular weight excluding hydrogens is 458 g/mol. The third-order valence-electron chi connectivity index (χ3n) is 5.40. The first-order valence-corrected chi connectivity index (χ1v) is 13.1. The van der Waals surface area contributed by atoms with Crippen LogP contribution >= 0.6 is 23.5 Å². The molecule has 1 aliphatic rings. The summed E-state index contributed by atoms with van der Waals surface area (Å²) >= 11 is 3.00. The Bertz CT molecular complexity index is 986. The van der Waals surface area contributed by atoms with Crippen LogP contribution in [0.2, 0.25) is 0 Å². The van der Waals surface area contributed by atoms with E-state index in [1.165, 1.54) is 30.6 Å². The van der Waals surface area contributed by atoms with Gasteiger partial charge in [0.1, 0.15) is 0 Å². The Hall–Kier alpha value is -2.46. The van der Waals surface area contributed by atoms with Gasteiger partial charge in [0.05, 0.1) is 24.0 Å². The monoisotopic (exact) mass is 489 g/mol. The Morgan fingerprint density at radius 2 is 1.94 bits per heavy atom. The topological polar surface area (TPSA) is 80.6 Å². The summed E-state index contributed by atoms with van der Waals surface area (Å²) < 4.78 is 6.80. The van der Waals surface area contributed by atoms with Gasteiger partial charge in [-0.3, -0.25) is 4.79 Å². The Labute approximate surface area is 203 Å². The Kier molecular flexibility index (Phi) is 9.25. The van der Waals surface area contributed by atoms with Gasteiger partial charge in [0, 0.05) is 43.2 Å². The summed E-state index contributed by atoms with van der Waals surface area (Å²) in [5, 5.41) is 10.4. The summed E-state index contributed by atoms with van der Waals surface area (Å²) in [5.74, 6) is 1.59. The van der Waals surface area contributed by atoms with Crippen LogP contribution in [0.3, 0.4) is 0 Å². The molecule has 0 radical (unpaired) electrons. The quantitative estimate of drug-likeness (QED) is 0.204. The van der Waals surface area contributed by atoms with Crippen LogP contribution in [0.4, 0.5) is 5.69 Å². The van der Waals surface area contributed by atoms with Crippen LogP contribution in [0.25, 0.3) is 11.4 Å². The summed E-state index contributed by atoms with van der Waals surface area (Å²) in [5.41, 5.74) is 2.25. The molecule has 0 aliphatic carbocycles. The molecule has 1 aliphatic heterocycles. The van der Waals surface area contributed by atoms with Crippen LogP contribution in [0.1, 0.15) is 27.2 Å². The number of methoxy groups -OCH3 is 1. The minimum Gasteiger partial charge on any atom is -0.466 e. The number of hydrogen-bond acceptors (Lipinski definition) is 8. The van der Waals surface area contributed by atoms with Crippen molar-refractivity contribution in [3.63, 3.8) is 0 Å². The van der Waals surface area contributed by atoms with E-state index in [0.717, 1.165) is 48.4 Å². The molecule has 1 aromatic heterocycles. The third kappa shape index (κ3) is 6.11. The van der Waals surface area contributed by atoms with E-state index in [4.69, 9.17) is 0 Å².